The molecule has 1 aliphatic rings. The van der Waals surface area contributed by atoms with Gasteiger partial charge in [-0.25, -0.2) is 15.0 Å². The van der Waals surface area contributed by atoms with E-state index in [4.69, 9.17) is 16.2 Å². The van der Waals surface area contributed by atoms with E-state index in [1.54, 1.807) is 12.1 Å². The first-order chi connectivity index (χ1) is 16.7. The first-order valence-corrected chi connectivity index (χ1v) is 10.7. The molecule has 0 saturated carbocycles. The van der Waals surface area contributed by atoms with Gasteiger partial charge in [-0.05, 0) is 18.2 Å². The summed E-state index contributed by atoms with van der Waals surface area (Å²) in [7, 11) is 0. The normalized spacial score (nSPS) is 21.7. The SMILES string of the molecule is NC(=O)c1cccc(NC(=O)CCC(=O)NCC2OC(n3cnc4c(N)ncnc43)C(O)C2O)c1. The zero-order chi connectivity index (χ0) is 25.1. The molecular weight excluding hydrogens is 460 g/mol. The molecule has 0 spiro atoms. The van der Waals surface area contributed by atoms with Crippen LogP contribution in [0, 0.1) is 0 Å². The molecule has 0 radical (unpaired) electrons. The standard InChI is InChI=1S/C21H24N8O6/c22-18-15-20(26-8-25-18)29(9-27-15)21-17(33)16(32)12(35-21)7-24-13(30)4-5-14(31)28-11-3-1-2-10(6-11)19(23)34/h1-3,6,8-9,12,16-17,21,32-33H,4-5,7H2,(H2,23,34)(H,24,30)(H,28,31)(H2,22,25,26). The van der Waals surface area contributed by atoms with Gasteiger partial charge in [0.2, 0.25) is 17.7 Å². The minimum absolute atomic E-state index is 0.0976. The van der Waals surface area contributed by atoms with E-state index in [9.17, 15) is 24.6 Å². The highest BCUT2D eigenvalue weighted by Gasteiger charge is 2.44. The fourth-order valence-corrected chi connectivity index (χ4v) is 3.69. The number of benzene rings is 1. The number of aliphatic hydroxyl groups is 2. The minimum atomic E-state index is -1.31. The number of aliphatic hydroxyl groups excluding tert-OH is 2. The van der Waals surface area contributed by atoms with Crippen molar-refractivity contribution in [3.63, 3.8) is 0 Å². The maximum atomic E-state index is 12.2. The van der Waals surface area contributed by atoms with E-state index >= 15 is 0 Å². The summed E-state index contributed by atoms with van der Waals surface area (Å²) in [6, 6.07) is 6.12. The Morgan fingerprint density at radius 3 is 2.63 bits per heavy atom. The molecule has 2 aromatic heterocycles. The Morgan fingerprint density at radius 1 is 1.09 bits per heavy atom. The largest absolute Gasteiger partial charge is 0.387 e. The van der Waals surface area contributed by atoms with Crippen LogP contribution in [0.1, 0.15) is 29.4 Å². The van der Waals surface area contributed by atoms with Crippen LogP contribution >= 0.6 is 0 Å². The predicted molar refractivity (Wildman–Crippen MR) is 121 cm³/mol. The molecule has 1 saturated heterocycles. The molecule has 0 aliphatic carbocycles. The Morgan fingerprint density at radius 2 is 1.86 bits per heavy atom. The van der Waals surface area contributed by atoms with Crippen molar-refractivity contribution in [2.24, 2.45) is 5.73 Å². The van der Waals surface area contributed by atoms with Crippen molar-refractivity contribution in [3.8, 4) is 0 Å². The Hall–Kier alpha value is -4.14. The van der Waals surface area contributed by atoms with E-state index in [1.165, 1.54) is 29.4 Å². The Kier molecular flexibility index (Phi) is 6.86. The lowest BCUT2D eigenvalue weighted by Gasteiger charge is -2.16. The molecular formula is C21H24N8O6. The molecule has 1 aliphatic heterocycles. The number of hydrogen-bond donors (Lipinski definition) is 6. The minimum Gasteiger partial charge on any atom is -0.387 e. The molecule has 1 aromatic carbocycles. The summed E-state index contributed by atoms with van der Waals surface area (Å²) in [6.45, 7) is -0.0976. The number of nitrogens with one attached hydrogen (secondary N) is 2. The number of primary amides is 1. The van der Waals surface area contributed by atoms with Gasteiger partial charge in [-0.2, -0.15) is 0 Å². The first kappa shape index (κ1) is 24.0. The van der Waals surface area contributed by atoms with E-state index in [0.29, 0.717) is 16.9 Å². The summed E-state index contributed by atoms with van der Waals surface area (Å²) in [5, 5.41) is 26.0. The maximum absolute atomic E-state index is 12.2. The van der Waals surface area contributed by atoms with Gasteiger partial charge in [-0.15, -0.1) is 0 Å². The number of carbonyl (C=O) groups is 3. The number of ether oxygens (including phenoxy) is 1. The second-order valence-corrected chi connectivity index (χ2v) is 7.93. The summed E-state index contributed by atoms with van der Waals surface area (Å²) in [5.41, 5.74) is 12.3. The van der Waals surface area contributed by atoms with Gasteiger partial charge in [0.25, 0.3) is 0 Å². The number of carbonyl (C=O) groups excluding carboxylic acids is 3. The molecule has 4 unspecified atom stereocenters. The summed E-state index contributed by atoms with van der Waals surface area (Å²) < 4.78 is 7.19. The second-order valence-electron chi connectivity index (χ2n) is 7.93. The number of amides is 3. The van der Waals surface area contributed by atoms with E-state index in [2.05, 4.69) is 25.6 Å². The van der Waals surface area contributed by atoms with Crippen LogP contribution in [0.2, 0.25) is 0 Å². The van der Waals surface area contributed by atoms with Gasteiger partial charge in [0, 0.05) is 30.6 Å². The van der Waals surface area contributed by atoms with Crippen molar-refractivity contribution >= 4 is 40.4 Å². The lowest BCUT2D eigenvalue weighted by Crippen LogP contribution is -2.40. The Balaban J connectivity index is 1.28. The smallest absolute Gasteiger partial charge is 0.248 e. The van der Waals surface area contributed by atoms with Crippen LogP contribution < -0.4 is 22.1 Å². The average Bonchev–Trinajstić information content (AvgIpc) is 3.38. The molecule has 4 rings (SSSR count). The molecule has 1 fully saturated rings. The summed E-state index contributed by atoms with van der Waals surface area (Å²) >= 11 is 0. The maximum Gasteiger partial charge on any atom is 0.248 e. The summed E-state index contributed by atoms with van der Waals surface area (Å²) in [6.07, 6.45) is -2.16. The van der Waals surface area contributed by atoms with Crippen LogP contribution in [-0.2, 0) is 14.3 Å². The molecule has 0 bridgehead atoms. The highest BCUT2D eigenvalue weighted by atomic mass is 16.6. The molecule has 184 valence electrons. The predicted octanol–water partition coefficient (Wildman–Crippen LogP) is -1.34. The van der Waals surface area contributed by atoms with Crippen LogP contribution in [0.3, 0.4) is 0 Å². The van der Waals surface area contributed by atoms with Gasteiger partial charge in [-0.3, -0.25) is 19.0 Å². The number of anilines is 2. The highest BCUT2D eigenvalue weighted by molar-refractivity contribution is 5.97. The summed E-state index contributed by atoms with van der Waals surface area (Å²) in [4.78, 5) is 47.6. The third kappa shape index (κ3) is 5.18. The Labute approximate surface area is 198 Å². The Bertz CT molecular complexity index is 1260. The first-order valence-electron chi connectivity index (χ1n) is 10.7. The van der Waals surface area contributed by atoms with Crippen molar-refractivity contribution < 1.29 is 29.3 Å². The number of nitrogens with zero attached hydrogens (tertiary/aromatic N) is 4. The van der Waals surface area contributed by atoms with Crippen LogP contribution in [0.25, 0.3) is 11.2 Å². The number of rotatable bonds is 8. The van der Waals surface area contributed by atoms with Crippen molar-refractivity contribution in [3.05, 3.63) is 42.5 Å². The number of hydrogen-bond acceptors (Lipinski definition) is 10. The number of nitrogens with two attached hydrogens (primary N) is 2. The lowest BCUT2D eigenvalue weighted by molar-refractivity contribution is -0.125. The van der Waals surface area contributed by atoms with Crippen molar-refractivity contribution in [1.82, 2.24) is 24.8 Å². The van der Waals surface area contributed by atoms with Gasteiger partial charge in [0.1, 0.15) is 30.2 Å². The van der Waals surface area contributed by atoms with E-state index in [1.807, 2.05) is 0 Å². The molecule has 35 heavy (non-hydrogen) atoms. The van der Waals surface area contributed by atoms with Crippen LogP contribution in [0.4, 0.5) is 11.5 Å². The number of aromatic nitrogens is 4. The number of nitrogen functional groups attached to an aromatic ring is 1. The molecule has 14 nitrogen and oxygen atoms in total. The van der Waals surface area contributed by atoms with E-state index < -0.39 is 42.3 Å². The molecule has 8 N–H and O–H groups in total. The zero-order valence-electron chi connectivity index (χ0n) is 18.4. The molecule has 4 atom stereocenters. The quantitative estimate of drug-likeness (QED) is 0.221. The second kappa shape index (κ2) is 10.0. The van der Waals surface area contributed by atoms with E-state index in [-0.39, 0.29) is 30.8 Å². The molecule has 3 aromatic rings. The number of imidazole rings is 1. The average molecular weight is 484 g/mol. The fraction of sp³-hybridized carbons (Fsp3) is 0.333. The van der Waals surface area contributed by atoms with Crippen LogP contribution in [-0.4, -0.2) is 72.3 Å². The van der Waals surface area contributed by atoms with Crippen LogP contribution in [0.15, 0.2) is 36.9 Å². The van der Waals surface area contributed by atoms with Gasteiger partial charge >= 0.3 is 0 Å². The number of fused-ring (bicyclic) bond motifs is 1. The van der Waals surface area contributed by atoms with Gasteiger partial charge < -0.3 is 37.1 Å². The topological polar surface area (TPSA) is 221 Å². The monoisotopic (exact) mass is 484 g/mol. The molecule has 3 amide bonds. The lowest BCUT2D eigenvalue weighted by atomic mass is 10.1. The van der Waals surface area contributed by atoms with Gasteiger partial charge in [-0.1, -0.05) is 6.07 Å². The fourth-order valence-electron chi connectivity index (χ4n) is 3.69. The van der Waals surface area contributed by atoms with Gasteiger partial charge in [0.15, 0.2) is 17.7 Å². The molecule has 3 heterocycles. The van der Waals surface area contributed by atoms with Crippen molar-refractivity contribution in [2.45, 2.75) is 37.4 Å². The van der Waals surface area contributed by atoms with Crippen LogP contribution in [0.5, 0.6) is 0 Å². The third-order valence-electron chi connectivity index (χ3n) is 5.51. The summed E-state index contributed by atoms with van der Waals surface area (Å²) in [5.74, 6) is -1.34. The van der Waals surface area contributed by atoms with Crippen molar-refractivity contribution in [1.29, 1.82) is 0 Å². The van der Waals surface area contributed by atoms with Crippen molar-refractivity contribution in [2.75, 3.05) is 17.6 Å². The molecule has 14 heteroatoms. The third-order valence-corrected chi connectivity index (χ3v) is 5.51. The zero-order valence-corrected chi connectivity index (χ0v) is 18.4. The van der Waals surface area contributed by atoms with E-state index in [0.717, 1.165) is 0 Å². The highest BCUT2D eigenvalue weighted by Crippen LogP contribution is 2.31. The van der Waals surface area contributed by atoms with Gasteiger partial charge in [0.05, 0.1) is 6.33 Å².